The van der Waals surface area contributed by atoms with Crippen molar-refractivity contribution in [2.75, 3.05) is 13.1 Å². The minimum Gasteiger partial charge on any atom is -0.481 e. The Morgan fingerprint density at radius 2 is 1.79 bits per heavy atom. The van der Waals surface area contributed by atoms with Crippen molar-refractivity contribution in [3.8, 4) is 0 Å². The summed E-state index contributed by atoms with van der Waals surface area (Å²) in [5.74, 6) is -6.21. The van der Waals surface area contributed by atoms with Crippen molar-refractivity contribution < 1.29 is 27.9 Å². The second kappa shape index (κ2) is 7.13. The molecule has 1 fully saturated rings. The molecular formula is C17H16F3N3O5. The summed E-state index contributed by atoms with van der Waals surface area (Å²) in [5.41, 5.74) is -1.08. The number of hydrogen-bond acceptors (Lipinski definition) is 4. The van der Waals surface area contributed by atoms with E-state index in [1.807, 2.05) is 0 Å². The van der Waals surface area contributed by atoms with Crippen LogP contribution in [0, 0.1) is 11.8 Å². The molecule has 0 saturated carbocycles. The Balaban J connectivity index is 1.75. The van der Waals surface area contributed by atoms with Crippen LogP contribution in [0.25, 0.3) is 10.8 Å². The number of carbonyl (C=O) groups excluding carboxylic acids is 1. The minimum absolute atomic E-state index is 0.156. The van der Waals surface area contributed by atoms with E-state index in [-0.39, 0.29) is 23.7 Å². The van der Waals surface area contributed by atoms with Gasteiger partial charge in [-0.25, -0.2) is 4.68 Å². The standard InChI is InChI=1S/C17H16F3N3O5/c18-17(19,20)12-8-22(7-11(12)16(27)28)13(24)5-6-23-15(26)10-4-2-1-3-9(10)14(25)21-23/h1-4,11-12H,5-8H2,(H,21,25)(H,27,28)/t11-,12-/m1/s1. The highest BCUT2D eigenvalue weighted by atomic mass is 19.4. The number of rotatable bonds is 4. The van der Waals surface area contributed by atoms with Crippen LogP contribution in [-0.4, -0.2) is 50.9 Å². The highest BCUT2D eigenvalue weighted by molar-refractivity contribution is 5.80. The number of aromatic nitrogens is 2. The first kappa shape index (κ1) is 19.6. The number of aromatic amines is 1. The molecule has 3 rings (SSSR count). The largest absolute Gasteiger partial charge is 0.481 e. The van der Waals surface area contributed by atoms with E-state index in [1.165, 1.54) is 12.1 Å². The van der Waals surface area contributed by atoms with E-state index in [9.17, 15) is 32.3 Å². The average Bonchev–Trinajstić information content (AvgIpc) is 3.10. The number of carboxylic acid groups (broad SMARTS) is 1. The number of nitrogens with one attached hydrogen (secondary N) is 1. The van der Waals surface area contributed by atoms with E-state index >= 15 is 0 Å². The molecule has 0 radical (unpaired) electrons. The highest BCUT2D eigenvalue weighted by Gasteiger charge is 2.53. The Labute approximate surface area is 155 Å². The number of fused-ring (bicyclic) bond motifs is 1. The summed E-state index contributed by atoms with van der Waals surface area (Å²) < 4.78 is 40.0. The Morgan fingerprint density at radius 1 is 1.14 bits per heavy atom. The van der Waals surface area contributed by atoms with Gasteiger partial charge in [-0.1, -0.05) is 12.1 Å². The summed E-state index contributed by atoms with van der Waals surface area (Å²) in [5, 5.41) is 11.7. The molecule has 1 aromatic carbocycles. The summed E-state index contributed by atoms with van der Waals surface area (Å²) in [4.78, 5) is 48.6. The molecule has 8 nitrogen and oxygen atoms in total. The maximum Gasteiger partial charge on any atom is 0.394 e. The van der Waals surface area contributed by atoms with Crippen molar-refractivity contribution in [2.45, 2.75) is 19.1 Å². The average molecular weight is 399 g/mol. The lowest BCUT2D eigenvalue weighted by molar-refractivity contribution is -0.188. The van der Waals surface area contributed by atoms with Gasteiger partial charge in [0, 0.05) is 19.5 Å². The first-order chi connectivity index (χ1) is 13.1. The van der Waals surface area contributed by atoms with E-state index in [4.69, 9.17) is 5.11 Å². The third kappa shape index (κ3) is 3.64. The molecular weight excluding hydrogens is 383 g/mol. The molecule has 2 atom stereocenters. The van der Waals surface area contributed by atoms with Gasteiger partial charge in [0.25, 0.3) is 11.1 Å². The zero-order valence-corrected chi connectivity index (χ0v) is 14.4. The van der Waals surface area contributed by atoms with E-state index in [2.05, 4.69) is 5.10 Å². The zero-order valence-electron chi connectivity index (χ0n) is 14.4. The number of hydrogen-bond donors (Lipinski definition) is 2. The maximum atomic E-state index is 13.0. The van der Waals surface area contributed by atoms with E-state index in [0.717, 1.165) is 9.58 Å². The molecule has 0 unspecified atom stereocenters. The smallest absolute Gasteiger partial charge is 0.394 e. The van der Waals surface area contributed by atoms with Crippen molar-refractivity contribution in [3.63, 3.8) is 0 Å². The second-order valence-electron chi connectivity index (χ2n) is 6.58. The molecule has 0 aliphatic carbocycles. The molecule has 11 heteroatoms. The third-order valence-electron chi connectivity index (χ3n) is 4.84. The second-order valence-corrected chi connectivity index (χ2v) is 6.58. The lowest BCUT2D eigenvalue weighted by Gasteiger charge is -2.18. The van der Waals surface area contributed by atoms with Crippen molar-refractivity contribution >= 4 is 22.6 Å². The molecule has 2 heterocycles. The molecule has 28 heavy (non-hydrogen) atoms. The van der Waals surface area contributed by atoms with Crippen LogP contribution in [-0.2, 0) is 16.1 Å². The van der Waals surface area contributed by atoms with Gasteiger partial charge in [-0.3, -0.25) is 24.3 Å². The van der Waals surface area contributed by atoms with Crippen molar-refractivity contribution in [1.82, 2.24) is 14.7 Å². The van der Waals surface area contributed by atoms with Crippen LogP contribution in [0.2, 0.25) is 0 Å². The van der Waals surface area contributed by atoms with E-state index in [1.54, 1.807) is 12.1 Å². The molecule has 1 aliphatic rings. The SMILES string of the molecule is O=C(O)[C@@H]1CN(C(=O)CCn2[nH]c(=O)c3ccccc3c2=O)C[C@H]1C(F)(F)F. The highest BCUT2D eigenvalue weighted by Crippen LogP contribution is 2.37. The predicted molar refractivity (Wildman–Crippen MR) is 90.7 cm³/mol. The molecule has 2 aromatic rings. The Hall–Kier alpha value is -3.11. The Morgan fingerprint density at radius 3 is 2.36 bits per heavy atom. The predicted octanol–water partition coefficient (Wildman–Crippen LogP) is 0.801. The van der Waals surface area contributed by atoms with Gasteiger partial charge in [0.1, 0.15) is 0 Å². The van der Waals surface area contributed by atoms with Crippen LogP contribution < -0.4 is 11.1 Å². The molecule has 0 spiro atoms. The molecule has 1 amide bonds. The Bertz CT molecular complexity index is 1040. The fourth-order valence-corrected chi connectivity index (χ4v) is 3.36. The Kier molecular flexibility index (Phi) is 5.01. The quantitative estimate of drug-likeness (QED) is 0.790. The summed E-state index contributed by atoms with van der Waals surface area (Å²) in [6.45, 7) is -1.55. The fraction of sp³-hybridized carbons (Fsp3) is 0.412. The number of aryl methyl sites for hydroxylation is 1. The number of H-pyrrole nitrogens is 1. The van der Waals surface area contributed by atoms with Crippen LogP contribution in [0.5, 0.6) is 0 Å². The van der Waals surface area contributed by atoms with Crippen LogP contribution in [0.3, 0.4) is 0 Å². The lowest BCUT2D eigenvalue weighted by atomic mass is 9.96. The summed E-state index contributed by atoms with van der Waals surface area (Å²) in [6, 6.07) is 6.09. The number of amides is 1. The lowest BCUT2D eigenvalue weighted by Crippen LogP contribution is -2.35. The van der Waals surface area contributed by atoms with Crippen LogP contribution in [0.4, 0.5) is 13.2 Å². The number of alkyl halides is 3. The number of benzene rings is 1. The third-order valence-corrected chi connectivity index (χ3v) is 4.84. The molecule has 0 bridgehead atoms. The van der Waals surface area contributed by atoms with Gasteiger partial charge in [0.05, 0.1) is 29.2 Å². The van der Waals surface area contributed by atoms with Gasteiger partial charge in [0.15, 0.2) is 0 Å². The number of halogens is 3. The van der Waals surface area contributed by atoms with Gasteiger partial charge < -0.3 is 10.0 Å². The summed E-state index contributed by atoms with van der Waals surface area (Å²) in [6.07, 6.45) is -5.09. The van der Waals surface area contributed by atoms with Crippen molar-refractivity contribution in [3.05, 3.63) is 45.0 Å². The minimum atomic E-state index is -4.74. The van der Waals surface area contributed by atoms with E-state index in [0.29, 0.717) is 0 Å². The van der Waals surface area contributed by atoms with Gasteiger partial charge in [0.2, 0.25) is 5.91 Å². The first-order valence-corrected chi connectivity index (χ1v) is 8.38. The van der Waals surface area contributed by atoms with Gasteiger partial charge in [-0.05, 0) is 12.1 Å². The zero-order chi connectivity index (χ0) is 20.6. The van der Waals surface area contributed by atoms with Crippen LogP contribution in [0.1, 0.15) is 6.42 Å². The molecule has 150 valence electrons. The molecule has 1 aliphatic heterocycles. The first-order valence-electron chi connectivity index (χ1n) is 8.38. The number of likely N-dealkylation sites (tertiary alicyclic amines) is 1. The summed E-state index contributed by atoms with van der Waals surface area (Å²) in [7, 11) is 0. The van der Waals surface area contributed by atoms with Gasteiger partial charge >= 0.3 is 12.1 Å². The molecule has 1 saturated heterocycles. The topological polar surface area (TPSA) is 112 Å². The van der Waals surface area contributed by atoms with Crippen molar-refractivity contribution in [2.24, 2.45) is 11.8 Å². The molecule has 2 N–H and O–H groups in total. The molecule has 1 aromatic heterocycles. The number of nitrogens with zero attached hydrogens (tertiary/aromatic N) is 2. The number of carboxylic acids is 1. The maximum absolute atomic E-state index is 13.0. The summed E-state index contributed by atoms with van der Waals surface area (Å²) >= 11 is 0. The van der Waals surface area contributed by atoms with E-state index < -0.39 is 54.1 Å². The fourth-order valence-electron chi connectivity index (χ4n) is 3.36. The van der Waals surface area contributed by atoms with Gasteiger partial charge in [-0.15, -0.1) is 0 Å². The number of aliphatic carboxylic acids is 1. The number of carbonyl (C=O) groups is 2. The van der Waals surface area contributed by atoms with Crippen LogP contribution in [0.15, 0.2) is 33.9 Å². The monoisotopic (exact) mass is 399 g/mol. The normalized spacial score (nSPS) is 19.9. The van der Waals surface area contributed by atoms with Crippen molar-refractivity contribution in [1.29, 1.82) is 0 Å². The van der Waals surface area contributed by atoms with Gasteiger partial charge in [-0.2, -0.15) is 13.2 Å². The van der Waals surface area contributed by atoms with Crippen LogP contribution >= 0.6 is 0 Å².